The van der Waals surface area contributed by atoms with E-state index in [4.69, 9.17) is 13.9 Å². The molecule has 48 heavy (non-hydrogen) atoms. The van der Waals surface area contributed by atoms with E-state index in [2.05, 4.69) is 4.98 Å². The number of hydrogen-bond acceptors (Lipinski definition) is 6. The number of hydrogen-bond donors (Lipinski definition) is 0. The van der Waals surface area contributed by atoms with E-state index < -0.39 is 23.6 Å². The van der Waals surface area contributed by atoms with Crippen LogP contribution in [0.1, 0.15) is 33.7 Å². The van der Waals surface area contributed by atoms with Gasteiger partial charge in [-0.05, 0) is 53.4 Å². The number of nitrogens with zero attached hydrogens (tertiary/aromatic N) is 2. The van der Waals surface area contributed by atoms with Gasteiger partial charge in [-0.2, -0.15) is 0 Å². The Balaban J connectivity index is 1.08. The van der Waals surface area contributed by atoms with Crippen molar-refractivity contribution in [3.05, 3.63) is 179 Å². The van der Waals surface area contributed by atoms with Gasteiger partial charge in [-0.25, -0.2) is 14.7 Å². The molecule has 1 aromatic heterocycles. The average Bonchev–Trinajstić information content (AvgIpc) is 3.65. The van der Waals surface area contributed by atoms with Crippen molar-refractivity contribution in [3.63, 3.8) is 0 Å². The minimum absolute atomic E-state index is 0.232. The highest BCUT2D eigenvalue weighted by molar-refractivity contribution is 6.02. The third kappa shape index (κ3) is 5.86. The molecule has 7 nitrogen and oxygen atoms in total. The van der Waals surface area contributed by atoms with Crippen molar-refractivity contribution in [2.45, 2.75) is 31.4 Å². The summed E-state index contributed by atoms with van der Waals surface area (Å²) in [5.74, 6) is 1.67. The van der Waals surface area contributed by atoms with Gasteiger partial charge in [-0.15, -0.1) is 0 Å². The highest BCUT2D eigenvalue weighted by atomic mass is 16.6. The minimum atomic E-state index is -1.23. The van der Waals surface area contributed by atoms with E-state index in [1.807, 2.05) is 153 Å². The monoisotopic (exact) mass is 634 g/mol. The van der Waals surface area contributed by atoms with E-state index in [-0.39, 0.29) is 6.42 Å². The molecule has 0 radical (unpaired) electrons. The van der Waals surface area contributed by atoms with Crippen LogP contribution in [0.15, 0.2) is 150 Å². The first kappa shape index (κ1) is 30.7. The van der Waals surface area contributed by atoms with Crippen LogP contribution >= 0.6 is 0 Å². The second-order valence-electron chi connectivity index (χ2n) is 11.7. The molecule has 6 aromatic rings. The predicted molar refractivity (Wildman–Crippen MR) is 182 cm³/mol. The molecule has 1 saturated heterocycles. The van der Waals surface area contributed by atoms with Crippen molar-refractivity contribution in [3.8, 4) is 17.2 Å². The van der Waals surface area contributed by atoms with Gasteiger partial charge in [0.15, 0.2) is 6.10 Å². The standard InChI is InChI=1S/C41H34N2O5/c1-29-36(42-38(47-29)31-14-6-2-7-15-31)26-27-46-35-24-22-30(23-25-35)28-37-39(44)43(40(45)48-37)41(32-16-8-3-9-17-32,33-18-10-4-11-19-33)34-20-12-5-13-21-34/h2-25,37H,26-28H2,1H3. The number of amides is 2. The molecular weight excluding hydrogens is 600 g/mol. The van der Waals surface area contributed by atoms with Gasteiger partial charge >= 0.3 is 6.09 Å². The number of carbonyl (C=O) groups excluding carboxylic acids is 2. The number of rotatable bonds is 11. The first-order valence-corrected chi connectivity index (χ1v) is 16.0. The molecule has 0 N–H and O–H groups in total. The summed E-state index contributed by atoms with van der Waals surface area (Å²) in [6, 6.07) is 46.2. The van der Waals surface area contributed by atoms with Crippen LogP contribution in [0.3, 0.4) is 0 Å². The molecule has 1 unspecified atom stereocenters. The highest BCUT2D eigenvalue weighted by Gasteiger charge is 2.55. The van der Waals surface area contributed by atoms with Crippen molar-refractivity contribution < 1.29 is 23.5 Å². The van der Waals surface area contributed by atoms with Gasteiger partial charge in [0.1, 0.15) is 17.0 Å². The summed E-state index contributed by atoms with van der Waals surface area (Å²) >= 11 is 0. The molecule has 2 amide bonds. The number of ether oxygens (including phenoxy) is 2. The van der Waals surface area contributed by atoms with Gasteiger partial charge in [0.2, 0.25) is 5.89 Å². The second kappa shape index (κ2) is 13.4. The van der Waals surface area contributed by atoms with E-state index in [9.17, 15) is 9.59 Å². The summed E-state index contributed by atoms with van der Waals surface area (Å²) in [6.07, 6.45) is -0.831. The lowest BCUT2D eigenvalue weighted by Crippen LogP contribution is -2.51. The number of aryl methyl sites for hydroxylation is 1. The van der Waals surface area contributed by atoms with Gasteiger partial charge in [0.25, 0.3) is 5.91 Å². The van der Waals surface area contributed by atoms with E-state index in [0.29, 0.717) is 24.7 Å². The lowest BCUT2D eigenvalue weighted by Gasteiger charge is -2.40. The zero-order valence-corrected chi connectivity index (χ0v) is 26.5. The third-order valence-electron chi connectivity index (χ3n) is 8.70. The van der Waals surface area contributed by atoms with Crippen molar-refractivity contribution >= 4 is 12.0 Å². The van der Waals surface area contributed by atoms with E-state index in [1.54, 1.807) is 0 Å². The van der Waals surface area contributed by atoms with Crippen molar-refractivity contribution in [1.82, 2.24) is 9.88 Å². The van der Waals surface area contributed by atoms with E-state index in [1.165, 1.54) is 4.90 Å². The van der Waals surface area contributed by atoms with Crippen LogP contribution in [-0.4, -0.2) is 34.6 Å². The maximum absolute atomic E-state index is 14.3. The highest BCUT2D eigenvalue weighted by Crippen LogP contribution is 2.45. The molecule has 1 aliphatic heterocycles. The topological polar surface area (TPSA) is 81.9 Å². The minimum Gasteiger partial charge on any atom is -0.493 e. The fourth-order valence-electron chi connectivity index (χ4n) is 6.38. The number of imide groups is 1. The van der Waals surface area contributed by atoms with E-state index >= 15 is 0 Å². The summed E-state index contributed by atoms with van der Waals surface area (Å²) in [5, 5.41) is 0. The molecule has 1 fully saturated rings. The van der Waals surface area contributed by atoms with Crippen LogP contribution in [-0.2, 0) is 27.9 Å². The van der Waals surface area contributed by atoms with Crippen LogP contribution in [0.2, 0.25) is 0 Å². The van der Waals surface area contributed by atoms with E-state index in [0.717, 1.165) is 39.3 Å². The SMILES string of the molecule is Cc1oc(-c2ccccc2)nc1CCOc1ccc(CC2OC(=O)N(C(c3ccccc3)(c3ccccc3)c3ccccc3)C2=O)cc1. The largest absolute Gasteiger partial charge is 0.493 e. The molecule has 7 rings (SSSR count). The smallest absolute Gasteiger partial charge is 0.418 e. The zero-order chi connectivity index (χ0) is 32.9. The molecule has 238 valence electrons. The fourth-order valence-corrected chi connectivity index (χ4v) is 6.38. The Morgan fingerprint density at radius 2 is 1.23 bits per heavy atom. The quantitative estimate of drug-likeness (QED) is 0.134. The Morgan fingerprint density at radius 1 is 0.708 bits per heavy atom. The third-order valence-corrected chi connectivity index (χ3v) is 8.70. The maximum atomic E-state index is 14.3. The summed E-state index contributed by atoms with van der Waals surface area (Å²) in [6.45, 7) is 2.33. The molecule has 5 aromatic carbocycles. The number of benzene rings is 5. The predicted octanol–water partition coefficient (Wildman–Crippen LogP) is 8.15. The number of oxazole rings is 1. The summed E-state index contributed by atoms with van der Waals surface area (Å²) in [7, 11) is 0. The number of aromatic nitrogens is 1. The first-order valence-electron chi connectivity index (χ1n) is 16.0. The molecule has 0 aliphatic carbocycles. The van der Waals surface area contributed by atoms with Crippen LogP contribution in [0.4, 0.5) is 4.79 Å². The molecule has 1 aliphatic rings. The van der Waals surface area contributed by atoms with Crippen LogP contribution in [0, 0.1) is 6.92 Å². The molecule has 7 heteroatoms. The Bertz CT molecular complexity index is 1900. The van der Waals surface area contributed by atoms with Crippen LogP contribution in [0.25, 0.3) is 11.5 Å². The Labute approximate surface area is 279 Å². The Morgan fingerprint density at radius 3 is 1.77 bits per heavy atom. The van der Waals surface area contributed by atoms with Crippen LogP contribution < -0.4 is 4.74 Å². The van der Waals surface area contributed by atoms with Gasteiger partial charge < -0.3 is 13.9 Å². The Kier molecular flexibility index (Phi) is 8.58. The second-order valence-corrected chi connectivity index (χ2v) is 11.7. The fraction of sp³-hybridized carbons (Fsp3) is 0.146. The molecule has 0 spiro atoms. The molecule has 0 saturated carbocycles. The number of carbonyl (C=O) groups is 2. The van der Waals surface area contributed by atoms with Crippen LogP contribution in [0.5, 0.6) is 5.75 Å². The Hall–Kier alpha value is -5.95. The first-order chi connectivity index (χ1) is 23.5. The van der Waals surface area contributed by atoms with Crippen molar-refractivity contribution in [2.24, 2.45) is 0 Å². The lowest BCUT2D eigenvalue weighted by molar-refractivity contribution is -0.132. The van der Waals surface area contributed by atoms with Gasteiger partial charge in [-0.3, -0.25) is 4.79 Å². The summed E-state index contributed by atoms with van der Waals surface area (Å²) in [4.78, 5) is 34.0. The molecular formula is C41H34N2O5. The molecule has 0 bridgehead atoms. The average molecular weight is 635 g/mol. The van der Waals surface area contributed by atoms with Gasteiger partial charge in [-0.1, -0.05) is 121 Å². The normalized spacial score (nSPS) is 14.6. The summed E-state index contributed by atoms with van der Waals surface area (Å²) in [5.41, 5.74) is 3.76. The lowest BCUT2D eigenvalue weighted by atomic mass is 9.75. The molecule has 1 atom stereocenters. The maximum Gasteiger partial charge on any atom is 0.418 e. The van der Waals surface area contributed by atoms with Gasteiger partial charge in [0, 0.05) is 18.4 Å². The van der Waals surface area contributed by atoms with Crippen molar-refractivity contribution in [1.29, 1.82) is 0 Å². The molecule has 2 heterocycles. The zero-order valence-electron chi connectivity index (χ0n) is 26.5. The van der Waals surface area contributed by atoms with Crippen molar-refractivity contribution in [2.75, 3.05) is 6.61 Å². The van der Waals surface area contributed by atoms with Gasteiger partial charge in [0.05, 0.1) is 12.3 Å². The summed E-state index contributed by atoms with van der Waals surface area (Å²) < 4.78 is 17.7. The number of cyclic esters (lactones) is 1.